The molecule has 2 rings (SSSR count). The molecule has 1 aromatic heterocycles. The molecule has 4 N–H and O–H groups in total. The van der Waals surface area contributed by atoms with E-state index in [1.165, 1.54) is 30.5 Å². The monoisotopic (exact) mass is 309 g/mol. The van der Waals surface area contributed by atoms with Gasteiger partial charge in [0, 0.05) is 24.5 Å². The molecule has 0 aliphatic carbocycles. The zero-order chi connectivity index (χ0) is 15.6. The molecule has 2 aromatic rings. The molecule has 0 bridgehead atoms. The lowest BCUT2D eigenvalue weighted by atomic mass is 10.2. The summed E-state index contributed by atoms with van der Waals surface area (Å²) >= 11 is 0. The second kappa shape index (κ2) is 5.44. The number of nitrogens with zero attached hydrogens (tertiary/aromatic N) is 3. The van der Waals surface area contributed by atoms with Crippen molar-refractivity contribution in [2.45, 2.75) is 11.9 Å². The Hall–Kier alpha value is -2.55. The quantitative estimate of drug-likeness (QED) is 0.331. The highest BCUT2D eigenvalue weighted by molar-refractivity contribution is 7.92. The van der Waals surface area contributed by atoms with Crippen LogP contribution in [-0.2, 0) is 17.1 Å². The number of nitrogens with one attached hydrogen (secondary N) is 1. The van der Waals surface area contributed by atoms with Crippen molar-refractivity contribution >= 4 is 21.5 Å². The fourth-order valence-corrected chi connectivity index (χ4v) is 2.73. The third-order valence-corrected chi connectivity index (χ3v) is 4.15. The molecule has 8 nitrogen and oxygen atoms in total. The lowest BCUT2D eigenvalue weighted by Gasteiger charge is -2.06. The first-order valence-electron chi connectivity index (χ1n) is 5.94. The van der Waals surface area contributed by atoms with Crippen LogP contribution in [0, 0.1) is 6.92 Å². The van der Waals surface area contributed by atoms with Gasteiger partial charge in [-0.15, -0.1) is 0 Å². The number of hydrogen-bond donors (Lipinski definition) is 3. The Balaban J connectivity index is 2.25. The van der Waals surface area contributed by atoms with Crippen LogP contribution < -0.4 is 10.5 Å². The maximum atomic E-state index is 12.2. The summed E-state index contributed by atoms with van der Waals surface area (Å²) in [5.41, 5.74) is 6.27. The topological polar surface area (TPSA) is 123 Å². The Morgan fingerprint density at radius 3 is 2.48 bits per heavy atom. The van der Waals surface area contributed by atoms with Crippen LogP contribution in [0.2, 0.25) is 0 Å². The van der Waals surface area contributed by atoms with Crippen molar-refractivity contribution in [3.05, 3.63) is 41.9 Å². The Kier molecular flexibility index (Phi) is 3.85. The van der Waals surface area contributed by atoms with Gasteiger partial charge < -0.3 is 15.5 Å². The number of aryl methyl sites for hydroxylation is 2. The van der Waals surface area contributed by atoms with Gasteiger partial charge in [-0.3, -0.25) is 4.72 Å². The SMILES string of the molecule is Cc1nc(S(=O)(=O)Nc2ccc(C(N)=NO)cc2)cn1C. The Labute approximate surface area is 122 Å². The molecule has 1 heterocycles. The molecule has 112 valence electrons. The van der Waals surface area contributed by atoms with Crippen LogP contribution in [0.15, 0.2) is 40.6 Å². The molecule has 0 saturated heterocycles. The number of aromatic nitrogens is 2. The van der Waals surface area contributed by atoms with Crippen LogP contribution in [0.1, 0.15) is 11.4 Å². The van der Waals surface area contributed by atoms with Gasteiger partial charge >= 0.3 is 0 Å². The van der Waals surface area contributed by atoms with E-state index in [2.05, 4.69) is 14.9 Å². The highest BCUT2D eigenvalue weighted by atomic mass is 32.2. The van der Waals surface area contributed by atoms with Gasteiger partial charge in [-0.25, -0.2) is 4.98 Å². The number of nitrogens with two attached hydrogens (primary N) is 1. The Morgan fingerprint density at radius 1 is 1.38 bits per heavy atom. The van der Waals surface area contributed by atoms with Gasteiger partial charge in [0.1, 0.15) is 5.82 Å². The fourth-order valence-electron chi connectivity index (χ4n) is 1.63. The highest BCUT2D eigenvalue weighted by Crippen LogP contribution is 2.16. The van der Waals surface area contributed by atoms with Crippen molar-refractivity contribution in [3.63, 3.8) is 0 Å². The first-order valence-corrected chi connectivity index (χ1v) is 7.42. The molecular weight excluding hydrogens is 294 g/mol. The van der Waals surface area contributed by atoms with Crippen molar-refractivity contribution in [1.29, 1.82) is 0 Å². The summed E-state index contributed by atoms with van der Waals surface area (Å²) < 4.78 is 28.4. The number of oxime groups is 1. The molecule has 0 fully saturated rings. The summed E-state index contributed by atoms with van der Waals surface area (Å²) in [4.78, 5) is 3.98. The predicted molar refractivity (Wildman–Crippen MR) is 77.7 cm³/mol. The second-order valence-corrected chi connectivity index (χ2v) is 6.03. The number of benzene rings is 1. The number of amidine groups is 1. The Bertz CT molecular complexity index is 758. The lowest BCUT2D eigenvalue weighted by molar-refractivity contribution is 0.318. The molecule has 0 spiro atoms. The maximum Gasteiger partial charge on any atom is 0.280 e. The molecule has 1 aromatic carbocycles. The molecule has 0 unspecified atom stereocenters. The van der Waals surface area contributed by atoms with E-state index in [1.807, 2.05) is 0 Å². The first-order chi connectivity index (χ1) is 9.83. The zero-order valence-corrected chi connectivity index (χ0v) is 12.3. The lowest BCUT2D eigenvalue weighted by Crippen LogP contribution is -2.15. The molecule has 0 aliphatic heterocycles. The minimum absolute atomic E-state index is 0.0512. The fraction of sp³-hybridized carbons (Fsp3) is 0.167. The van der Waals surface area contributed by atoms with Crippen molar-refractivity contribution < 1.29 is 13.6 Å². The van der Waals surface area contributed by atoms with E-state index in [1.54, 1.807) is 18.5 Å². The van der Waals surface area contributed by atoms with Crippen LogP contribution in [-0.4, -0.2) is 29.0 Å². The number of hydrogen-bond acceptors (Lipinski definition) is 5. The summed E-state index contributed by atoms with van der Waals surface area (Å²) in [6.45, 7) is 1.71. The van der Waals surface area contributed by atoms with Crippen molar-refractivity contribution in [2.75, 3.05) is 4.72 Å². The Morgan fingerprint density at radius 2 is 2.00 bits per heavy atom. The zero-order valence-electron chi connectivity index (χ0n) is 11.5. The van der Waals surface area contributed by atoms with Gasteiger partial charge in [-0.2, -0.15) is 8.42 Å². The van der Waals surface area contributed by atoms with Crippen LogP contribution in [0.4, 0.5) is 5.69 Å². The van der Waals surface area contributed by atoms with Crippen LogP contribution >= 0.6 is 0 Å². The van der Waals surface area contributed by atoms with Crippen molar-refractivity contribution in [3.8, 4) is 0 Å². The third kappa shape index (κ3) is 3.14. The largest absolute Gasteiger partial charge is 0.409 e. The molecule has 0 aliphatic rings. The summed E-state index contributed by atoms with van der Waals surface area (Å²) in [7, 11) is -2.03. The molecule has 0 atom stereocenters. The standard InChI is InChI=1S/C12H15N5O3S/c1-8-14-11(7-17(8)2)21(19,20)16-10-5-3-9(4-6-10)12(13)15-18/h3-7,16,18H,1-2H3,(H2,13,15). The van der Waals surface area contributed by atoms with E-state index in [0.717, 1.165) is 0 Å². The van der Waals surface area contributed by atoms with E-state index >= 15 is 0 Å². The normalized spacial score (nSPS) is 12.4. The van der Waals surface area contributed by atoms with Gasteiger partial charge in [-0.05, 0) is 31.2 Å². The molecule has 0 amide bonds. The van der Waals surface area contributed by atoms with Crippen molar-refractivity contribution in [1.82, 2.24) is 9.55 Å². The minimum atomic E-state index is -3.75. The first kappa shape index (κ1) is 14.9. The summed E-state index contributed by atoms with van der Waals surface area (Å²) in [5, 5.41) is 11.4. The molecule has 0 radical (unpaired) electrons. The summed E-state index contributed by atoms with van der Waals surface area (Å²) in [6, 6.07) is 6.11. The molecule has 9 heteroatoms. The van der Waals surface area contributed by atoms with E-state index in [-0.39, 0.29) is 10.9 Å². The number of imidazole rings is 1. The van der Waals surface area contributed by atoms with Gasteiger partial charge in [0.05, 0.1) is 0 Å². The number of sulfonamides is 1. The molecular formula is C12H15N5O3S. The van der Waals surface area contributed by atoms with E-state index in [0.29, 0.717) is 17.1 Å². The van der Waals surface area contributed by atoms with E-state index < -0.39 is 10.0 Å². The summed E-state index contributed by atoms with van der Waals surface area (Å²) in [6.07, 6.45) is 1.43. The van der Waals surface area contributed by atoms with E-state index in [4.69, 9.17) is 10.9 Å². The third-order valence-electron chi connectivity index (χ3n) is 2.90. The van der Waals surface area contributed by atoms with Crippen LogP contribution in [0.25, 0.3) is 0 Å². The van der Waals surface area contributed by atoms with Crippen LogP contribution in [0.3, 0.4) is 0 Å². The number of rotatable bonds is 4. The smallest absolute Gasteiger partial charge is 0.280 e. The minimum Gasteiger partial charge on any atom is -0.409 e. The van der Waals surface area contributed by atoms with Crippen molar-refractivity contribution in [2.24, 2.45) is 17.9 Å². The van der Waals surface area contributed by atoms with Gasteiger partial charge in [0.15, 0.2) is 10.9 Å². The summed E-state index contributed by atoms with van der Waals surface area (Å²) in [5.74, 6) is 0.544. The maximum absolute atomic E-state index is 12.2. The number of anilines is 1. The second-order valence-electron chi connectivity index (χ2n) is 4.41. The molecule has 0 saturated carbocycles. The van der Waals surface area contributed by atoms with Gasteiger partial charge in [0.25, 0.3) is 10.0 Å². The van der Waals surface area contributed by atoms with Gasteiger partial charge in [-0.1, -0.05) is 5.16 Å². The molecule has 21 heavy (non-hydrogen) atoms. The average molecular weight is 309 g/mol. The van der Waals surface area contributed by atoms with Gasteiger partial charge in [0.2, 0.25) is 0 Å². The highest BCUT2D eigenvalue weighted by Gasteiger charge is 2.18. The van der Waals surface area contributed by atoms with E-state index in [9.17, 15) is 8.42 Å². The average Bonchev–Trinajstić information content (AvgIpc) is 2.79. The van der Waals surface area contributed by atoms with Crippen LogP contribution in [0.5, 0.6) is 0 Å². The predicted octanol–water partition coefficient (Wildman–Crippen LogP) is 0.624.